The number of carbonyl (C=O) groups excluding carboxylic acids is 2. The van der Waals surface area contributed by atoms with Gasteiger partial charge in [-0.25, -0.2) is 0 Å². The van der Waals surface area contributed by atoms with Crippen molar-refractivity contribution in [1.82, 2.24) is 24.6 Å². The van der Waals surface area contributed by atoms with Crippen molar-refractivity contribution in [3.8, 4) is 16.4 Å². The van der Waals surface area contributed by atoms with Crippen LogP contribution in [0.25, 0.3) is 16.4 Å². The van der Waals surface area contributed by atoms with Crippen molar-refractivity contribution in [3.05, 3.63) is 47.8 Å². The number of amides is 2. The number of para-hydroxylation sites is 1. The molecule has 0 saturated carbocycles. The molecule has 0 N–H and O–H groups in total. The number of hydrogen-bond donors (Lipinski definition) is 0. The zero-order valence-electron chi connectivity index (χ0n) is 20.4. The molecular weight excluding hydrogens is 478 g/mol. The fourth-order valence-corrected chi connectivity index (χ4v) is 5.90. The number of carbonyl (C=O) groups is 2. The third-order valence-electron chi connectivity index (χ3n) is 6.20. The van der Waals surface area contributed by atoms with E-state index in [1.165, 1.54) is 0 Å². The summed E-state index contributed by atoms with van der Waals surface area (Å²) in [6.45, 7) is 6.02. The standard InChI is InChI=1S/C26H33N5O2S2/c1-3-4-13-24(33)30-16-15-29(19-20(30)2)23(32)14-9-18-35-26-28-27-25(22-12-8-17-34-22)31(26)21-10-6-5-7-11-21/h5-8,10-12,17,20H,3-4,9,13-16,18-19H2,1-2H3. The molecule has 3 heterocycles. The minimum Gasteiger partial charge on any atom is -0.339 e. The predicted octanol–water partition coefficient (Wildman–Crippen LogP) is 5.12. The molecule has 1 unspecified atom stereocenters. The molecule has 3 aromatic rings. The van der Waals surface area contributed by atoms with Gasteiger partial charge in [0.05, 0.1) is 4.88 Å². The van der Waals surface area contributed by atoms with Crippen molar-refractivity contribution >= 4 is 34.9 Å². The summed E-state index contributed by atoms with van der Waals surface area (Å²) < 4.78 is 2.09. The van der Waals surface area contributed by atoms with Crippen LogP contribution in [0.3, 0.4) is 0 Å². The molecule has 1 saturated heterocycles. The van der Waals surface area contributed by atoms with E-state index in [1.807, 2.05) is 46.4 Å². The molecule has 0 radical (unpaired) electrons. The molecule has 0 bridgehead atoms. The fraction of sp³-hybridized carbons (Fsp3) is 0.462. The van der Waals surface area contributed by atoms with Gasteiger partial charge in [-0.3, -0.25) is 14.2 Å². The lowest BCUT2D eigenvalue weighted by molar-refractivity contribution is -0.142. The molecule has 1 fully saturated rings. The molecular formula is C26H33N5O2S2. The van der Waals surface area contributed by atoms with Crippen LogP contribution in [0.5, 0.6) is 0 Å². The first-order valence-electron chi connectivity index (χ1n) is 12.3. The monoisotopic (exact) mass is 511 g/mol. The Balaban J connectivity index is 1.30. The van der Waals surface area contributed by atoms with Gasteiger partial charge in [-0.2, -0.15) is 0 Å². The van der Waals surface area contributed by atoms with E-state index < -0.39 is 0 Å². The topological polar surface area (TPSA) is 71.3 Å². The average molecular weight is 512 g/mol. The highest BCUT2D eigenvalue weighted by Gasteiger charge is 2.29. The maximum absolute atomic E-state index is 12.8. The number of thioether (sulfide) groups is 1. The average Bonchev–Trinajstić information content (AvgIpc) is 3.55. The normalized spacial score (nSPS) is 16.0. The Labute approximate surface area is 215 Å². The number of hydrogen-bond acceptors (Lipinski definition) is 6. The summed E-state index contributed by atoms with van der Waals surface area (Å²) in [5, 5.41) is 11.8. The molecule has 1 atom stereocenters. The van der Waals surface area contributed by atoms with Crippen molar-refractivity contribution < 1.29 is 9.59 Å². The third kappa shape index (κ3) is 6.32. The van der Waals surface area contributed by atoms with Gasteiger partial charge < -0.3 is 9.80 Å². The van der Waals surface area contributed by atoms with Crippen molar-refractivity contribution in [2.24, 2.45) is 0 Å². The van der Waals surface area contributed by atoms with Gasteiger partial charge in [0.1, 0.15) is 0 Å². The van der Waals surface area contributed by atoms with E-state index >= 15 is 0 Å². The van der Waals surface area contributed by atoms with Gasteiger partial charge in [-0.15, -0.1) is 21.5 Å². The van der Waals surface area contributed by atoms with E-state index in [-0.39, 0.29) is 17.9 Å². The van der Waals surface area contributed by atoms with Crippen LogP contribution in [-0.4, -0.2) is 67.8 Å². The molecule has 9 heteroatoms. The number of nitrogens with zero attached hydrogens (tertiary/aromatic N) is 5. The van der Waals surface area contributed by atoms with E-state index in [0.717, 1.165) is 46.6 Å². The lowest BCUT2D eigenvalue weighted by Crippen LogP contribution is -2.55. The highest BCUT2D eigenvalue weighted by Crippen LogP contribution is 2.30. The predicted molar refractivity (Wildman–Crippen MR) is 142 cm³/mol. The van der Waals surface area contributed by atoms with Crippen molar-refractivity contribution in [2.45, 2.75) is 57.1 Å². The third-order valence-corrected chi connectivity index (χ3v) is 8.08. The van der Waals surface area contributed by atoms with Gasteiger partial charge in [0.25, 0.3) is 0 Å². The second kappa shape index (κ2) is 12.4. The van der Waals surface area contributed by atoms with Crippen LogP contribution in [-0.2, 0) is 9.59 Å². The molecule has 2 amide bonds. The van der Waals surface area contributed by atoms with E-state index in [2.05, 4.69) is 39.9 Å². The van der Waals surface area contributed by atoms with Gasteiger partial charge in [0.2, 0.25) is 11.8 Å². The van der Waals surface area contributed by atoms with E-state index in [0.29, 0.717) is 32.5 Å². The van der Waals surface area contributed by atoms with Crippen LogP contribution >= 0.6 is 23.1 Å². The van der Waals surface area contributed by atoms with Crippen LogP contribution in [0.1, 0.15) is 46.0 Å². The summed E-state index contributed by atoms with van der Waals surface area (Å²) in [5.74, 6) is 2.01. The maximum atomic E-state index is 12.8. The maximum Gasteiger partial charge on any atom is 0.222 e. The molecule has 0 spiro atoms. The zero-order chi connectivity index (χ0) is 24.6. The zero-order valence-corrected chi connectivity index (χ0v) is 22.1. The quantitative estimate of drug-likeness (QED) is 0.279. The highest BCUT2D eigenvalue weighted by atomic mass is 32.2. The first-order chi connectivity index (χ1) is 17.1. The number of aromatic nitrogens is 3. The number of thiophene rings is 1. The van der Waals surface area contributed by atoms with Crippen LogP contribution in [0.4, 0.5) is 0 Å². The Bertz CT molecular complexity index is 1100. The van der Waals surface area contributed by atoms with Crippen molar-refractivity contribution in [2.75, 3.05) is 25.4 Å². The molecule has 0 aliphatic carbocycles. The minimum absolute atomic E-state index is 0.0755. The van der Waals surface area contributed by atoms with Crippen LogP contribution in [0, 0.1) is 0 Å². The molecule has 1 aromatic carbocycles. The molecule has 1 aliphatic rings. The highest BCUT2D eigenvalue weighted by molar-refractivity contribution is 7.99. The summed E-state index contributed by atoms with van der Waals surface area (Å²) in [6, 6.07) is 14.3. The second-order valence-corrected chi connectivity index (χ2v) is 10.8. The summed E-state index contributed by atoms with van der Waals surface area (Å²) in [4.78, 5) is 30.2. The van der Waals surface area contributed by atoms with Crippen LogP contribution < -0.4 is 0 Å². The van der Waals surface area contributed by atoms with Gasteiger partial charge in [-0.05, 0) is 43.3 Å². The van der Waals surface area contributed by atoms with Gasteiger partial charge in [0, 0.05) is 50.0 Å². The Morgan fingerprint density at radius 1 is 1.03 bits per heavy atom. The lowest BCUT2D eigenvalue weighted by Gasteiger charge is -2.40. The Morgan fingerprint density at radius 2 is 1.83 bits per heavy atom. The molecule has 186 valence electrons. The molecule has 4 rings (SSSR count). The largest absolute Gasteiger partial charge is 0.339 e. The number of benzene rings is 1. The second-order valence-electron chi connectivity index (χ2n) is 8.79. The molecule has 35 heavy (non-hydrogen) atoms. The first-order valence-corrected chi connectivity index (χ1v) is 14.2. The first kappa shape index (κ1) is 25.4. The van der Waals surface area contributed by atoms with E-state index in [4.69, 9.17) is 0 Å². The summed E-state index contributed by atoms with van der Waals surface area (Å²) in [6.07, 6.45) is 3.82. The Kier molecular flexibility index (Phi) is 8.98. The molecule has 1 aliphatic heterocycles. The van der Waals surface area contributed by atoms with E-state index in [1.54, 1.807) is 23.1 Å². The number of rotatable bonds is 10. The van der Waals surface area contributed by atoms with Crippen molar-refractivity contribution in [3.63, 3.8) is 0 Å². The minimum atomic E-state index is 0.0755. The van der Waals surface area contributed by atoms with Crippen molar-refractivity contribution in [1.29, 1.82) is 0 Å². The van der Waals surface area contributed by atoms with Gasteiger partial charge in [-0.1, -0.05) is 49.4 Å². The van der Waals surface area contributed by atoms with Gasteiger partial charge in [0.15, 0.2) is 11.0 Å². The SMILES string of the molecule is CCCCC(=O)N1CCN(C(=O)CCCSc2nnc(-c3cccs3)n2-c2ccccc2)CC1C. The number of unbranched alkanes of at least 4 members (excludes halogenated alkanes) is 1. The Hall–Kier alpha value is -2.65. The van der Waals surface area contributed by atoms with Gasteiger partial charge >= 0.3 is 0 Å². The van der Waals surface area contributed by atoms with Crippen LogP contribution in [0.2, 0.25) is 0 Å². The Morgan fingerprint density at radius 3 is 2.54 bits per heavy atom. The molecule has 2 aromatic heterocycles. The van der Waals surface area contributed by atoms with E-state index in [9.17, 15) is 9.59 Å². The summed E-state index contributed by atoms with van der Waals surface area (Å²) in [7, 11) is 0. The fourth-order valence-electron chi connectivity index (χ4n) is 4.31. The van der Waals surface area contributed by atoms with Crippen LogP contribution in [0.15, 0.2) is 53.0 Å². The lowest BCUT2D eigenvalue weighted by atomic mass is 10.1. The summed E-state index contributed by atoms with van der Waals surface area (Å²) >= 11 is 3.28. The molecule has 7 nitrogen and oxygen atoms in total. The summed E-state index contributed by atoms with van der Waals surface area (Å²) in [5.41, 5.74) is 1.03. The smallest absolute Gasteiger partial charge is 0.222 e. The number of piperazine rings is 1.